The first-order chi connectivity index (χ1) is 21.1. The lowest BCUT2D eigenvalue weighted by Crippen LogP contribution is -2.34. The fourth-order valence-corrected chi connectivity index (χ4v) is 6.17. The van der Waals surface area contributed by atoms with Crippen molar-refractivity contribution in [3.05, 3.63) is 183 Å². The Labute approximate surface area is 269 Å². The van der Waals surface area contributed by atoms with E-state index in [0.717, 1.165) is 59.6 Å². The molecule has 6 aromatic carbocycles. The van der Waals surface area contributed by atoms with Gasteiger partial charge in [0, 0.05) is 42.7 Å². The monoisotopic (exact) mass is 683 g/mol. The number of para-hydroxylation sites is 2. The molecule has 1 aliphatic heterocycles. The number of halogens is 2. The van der Waals surface area contributed by atoms with Crippen molar-refractivity contribution in [3.8, 4) is 16.9 Å². The predicted molar refractivity (Wildman–Crippen MR) is 185 cm³/mol. The Morgan fingerprint density at radius 1 is 0.488 bits per heavy atom. The van der Waals surface area contributed by atoms with E-state index in [1.165, 1.54) is 0 Å². The molecule has 6 aromatic rings. The zero-order chi connectivity index (χ0) is 29.2. The van der Waals surface area contributed by atoms with E-state index >= 15 is 0 Å². The molecule has 0 saturated carbocycles. The summed E-state index contributed by atoms with van der Waals surface area (Å²) in [7, 11) is 0. The van der Waals surface area contributed by atoms with E-state index in [1.807, 2.05) is 12.1 Å². The highest BCUT2D eigenvalue weighted by atomic mass is 79.9. The lowest BCUT2D eigenvalue weighted by atomic mass is 9.83. The molecule has 1 heterocycles. The lowest BCUT2D eigenvalue weighted by Gasteiger charge is -2.36. The molecule has 0 spiro atoms. The Hall–Kier alpha value is -4.38. The fourth-order valence-electron chi connectivity index (χ4n) is 5.64. The molecule has 0 fully saturated rings. The van der Waals surface area contributed by atoms with Crippen LogP contribution in [0, 0.1) is 0 Å². The van der Waals surface area contributed by atoms with Gasteiger partial charge in [-0.25, -0.2) is 0 Å². The van der Waals surface area contributed by atoms with Crippen molar-refractivity contribution in [1.29, 1.82) is 0 Å². The van der Waals surface area contributed by atoms with Gasteiger partial charge in [0.25, 0.3) is 0 Å². The Bertz CT molecular complexity index is 1800. The molecule has 208 valence electrons. The third-order valence-corrected chi connectivity index (χ3v) is 8.87. The van der Waals surface area contributed by atoms with E-state index in [2.05, 4.69) is 188 Å². The SMILES string of the molecule is Brc1ccc(C2(c3ccc(Br)cc3)C=Cc3cc(-c4ccc(N(c5ccccc5)c5ccccc5)cc4)ccc3O2)cc1. The molecule has 1 aliphatic rings. The van der Waals surface area contributed by atoms with E-state index in [1.54, 1.807) is 0 Å². The van der Waals surface area contributed by atoms with Crippen LogP contribution in [0.5, 0.6) is 5.75 Å². The van der Waals surface area contributed by atoms with Gasteiger partial charge >= 0.3 is 0 Å². The summed E-state index contributed by atoms with van der Waals surface area (Å²) in [6.45, 7) is 0. The van der Waals surface area contributed by atoms with Crippen LogP contribution in [0.4, 0.5) is 17.1 Å². The second-order valence-corrected chi connectivity index (χ2v) is 12.3. The first-order valence-electron chi connectivity index (χ1n) is 14.1. The molecular weight excluding hydrogens is 658 g/mol. The smallest absolute Gasteiger partial charge is 0.178 e. The van der Waals surface area contributed by atoms with Gasteiger partial charge in [0.15, 0.2) is 5.60 Å². The highest BCUT2D eigenvalue weighted by molar-refractivity contribution is 9.10. The maximum atomic E-state index is 6.89. The molecule has 7 rings (SSSR count). The summed E-state index contributed by atoms with van der Waals surface area (Å²) in [5.74, 6) is 0.855. The summed E-state index contributed by atoms with van der Waals surface area (Å²) in [4.78, 5) is 2.27. The van der Waals surface area contributed by atoms with E-state index in [-0.39, 0.29) is 0 Å². The number of anilines is 3. The van der Waals surface area contributed by atoms with Gasteiger partial charge in [0.05, 0.1) is 0 Å². The minimum absolute atomic E-state index is 0.726. The Kier molecular flexibility index (Phi) is 7.48. The molecule has 0 bridgehead atoms. The summed E-state index contributed by atoms with van der Waals surface area (Å²) in [6.07, 6.45) is 4.36. The number of hydrogen-bond acceptors (Lipinski definition) is 2. The zero-order valence-corrected chi connectivity index (χ0v) is 26.4. The Morgan fingerprint density at radius 3 is 1.51 bits per heavy atom. The standard InChI is InChI=1S/C39H27Br2NO/c40-33-18-14-31(15-19-33)39(32-16-20-34(41)21-17-32)26-25-30-27-29(13-24-38(30)43-39)28-11-22-37(23-12-28)42(35-7-3-1-4-8-35)36-9-5-2-6-10-36/h1-27H. The Morgan fingerprint density at radius 2 is 0.977 bits per heavy atom. The summed E-state index contributed by atoms with van der Waals surface area (Å²) in [5.41, 5.74) is 8.12. The number of hydrogen-bond donors (Lipinski definition) is 0. The minimum atomic E-state index is -0.726. The summed E-state index contributed by atoms with van der Waals surface area (Å²) in [6, 6.07) is 52.9. The molecule has 4 heteroatoms. The van der Waals surface area contributed by atoms with Gasteiger partial charge in [-0.1, -0.05) is 117 Å². The van der Waals surface area contributed by atoms with E-state index in [9.17, 15) is 0 Å². The molecule has 0 amide bonds. The van der Waals surface area contributed by atoms with E-state index in [0.29, 0.717) is 0 Å². The molecule has 43 heavy (non-hydrogen) atoms. The van der Waals surface area contributed by atoms with Crippen LogP contribution < -0.4 is 9.64 Å². The first kappa shape index (κ1) is 27.5. The van der Waals surface area contributed by atoms with Crippen molar-refractivity contribution in [2.75, 3.05) is 4.90 Å². The van der Waals surface area contributed by atoms with Crippen LogP contribution in [-0.4, -0.2) is 0 Å². The van der Waals surface area contributed by atoms with Gasteiger partial charge in [-0.05, 0) is 90.0 Å². The van der Waals surface area contributed by atoms with Gasteiger partial charge < -0.3 is 9.64 Å². The average Bonchev–Trinajstić information content (AvgIpc) is 3.06. The number of nitrogens with zero attached hydrogens (tertiary/aromatic N) is 1. The quantitative estimate of drug-likeness (QED) is 0.173. The van der Waals surface area contributed by atoms with Crippen LogP contribution in [-0.2, 0) is 5.60 Å². The van der Waals surface area contributed by atoms with Gasteiger partial charge in [0.2, 0.25) is 0 Å². The molecule has 0 radical (unpaired) electrons. The van der Waals surface area contributed by atoms with Gasteiger partial charge in [-0.2, -0.15) is 0 Å². The van der Waals surface area contributed by atoms with Crippen LogP contribution in [0.25, 0.3) is 17.2 Å². The third-order valence-electron chi connectivity index (χ3n) is 7.81. The molecular formula is C39H27Br2NO. The van der Waals surface area contributed by atoms with Crippen molar-refractivity contribution in [2.45, 2.75) is 5.60 Å². The van der Waals surface area contributed by atoms with Crippen LogP contribution in [0.15, 0.2) is 167 Å². The van der Waals surface area contributed by atoms with E-state index in [4.69, 9.17) is 4.74 Å². The van der Waals surface area contributed by atoms with Gasteiger partial charge in [0.1, 0.15) is 5.75 Å². The Balaban J connectivity index is 1.22. The van der Waals surface area contributed by atoms with Crippen LogP contribution in [0.2, 0.25) is 0 Å². The molecule has 0 aliphatic carbocycles. The fraction of sp³-hybridized carbons (Fsp3) is 0.0256. The predicted octanol–water partition coefficient (Wildman–Crippen LogP) is 11.7. The molecule has 0 unspecified atom stereocenters. The largest absolute Gasteiger partial charge is 0.473 e. The van der Waals surface area contributed by atoms with E-state index < -0.39 is 5.60 Å². The maximum absolute atomic E-state index is 6.89. The number of ether oxygens (including phenoxy) is 1. The number of fused-ring (bicyclic) bond motifs is 1. The van der Waals surface area contributed by atoms with Gasteiger partial charge in [-0.3, -0.25) is 0 Å². The molecule has 0 aromatic heterocycles. The molecule has 0 atom stereocenters. The van der Waals surface area contributed by atoms with Crippen molar-refractivity contribution in [2.24, 2.45) is 0 Å². The number of benzene rings is 6. The van der Waals surface area contributed by atoms with Gasteiger partial charge in [-0.15, -0.1) is 0 Å². The zero-order valence-electron chi connectivity index (χ0n) is 23.2. The first-order valence-corrected chi connectivity index (χ1v) is 15.7. The normalized spacial score (nSPS) is 13.2. The van der Waals surface area contributed by atoms with Crippen molar-refractivity contribution in [3.63, 3.8) is 0 Å². The summed E-state index contributed by atoms with van der Waals surface area (Å²) < 4.78 is 8.96. The number of rotatable bonds is 6. The highest BCUT2D eigenvalue weighted by Gasteiger charge is 2.37. The van der Waals surface area contributed by atoms with Crippen LogP contribution in [0.1, 0.15) is 16.7 Å². The van der Waals surface area contributed by atoms with Crippen molar-refractivity contribution in [1.82, 2.24) is 0 Å². The average molecular weight is 685 g/mol. The topological polar surface area (TPSA) is 12.5 Å². The van der Waals surface area contributed by atoms with Crippen molar-refractivity contribution < 1.29 is 4.74 Å². The molecule has 0 saturated heterocycles. The second kappa shape index (κ2) is 11.7. The molecule has 0 N–H and O–H groups in total. The summed E-state index contributed by atoms with van der Waals surface area (Å²) >= 11 is 7.15. The highest BCUT2D eigenvalue weighted by Crippen LogP contribution is 2.44. The molecule has 2 nitrogen and oxygen atoms in total. The summed E-state index contributed by atoms with van der Waals surface area (Å²) in [5, 5.41) is 0. The minimum Gasteiger partial charge on any atom is -0.473 e. The van der Waals surface area contributed by atoms with Crippen LogP contribution in [0.3, 0.4) is 0 Å². The second-order valence-electron chi connectivity index (χ2n) is 10.5. The third kappa shape index (κ3) is 5.45. The van der Waals surface area contributed by atoms with Crippen molar-refractivity contribution >= 4 is 55.0 Å². The van der Waals surface area contributed by atoms with Crippen LogP contribution >= 0.6 is 31.9 Å². The lowest BCUT2D eigenvalue weighted by molar-refractivity contribution is 0.161. The maximum Gasteiger partial charge on any atom is 0.178 e.